The van der Waals surface area contributed by atoms with Crippen LogP contribution in [0.25, 0.3) is 0 Å². The van der Waals surface area contributed by atoms with Crippen molar-refractivity contribution < 1.29 is 27.2 Å². The number of hydrogen-bond acceptors (Lipinski definition) is 3. The molecule has 10 heteroatoms. The number of nitrogens with zero attached hydrogens (tertiary/aromatic N) is 2. The molecule has 0 aliphatic carbocycles. The Labute approximate surface area is 188 Å². The van der Waals surface area contributed by atoms with Gasteiger partial charge < -0.3 is 15.5 Å². The van der Waals surface area contributed by atoms with Gasteiger partial charge in [0.2, 0.25) is 5.91 Å². The fourth-order valence-corrected chi connectivity index (χ4v) is 3.20. The number of benzene rings is 2. The summed E-state index contributed by atoms with van der Waals surface area (Å²) in [5, 5.41) is 5.32. The first kappa shape index (κ1) is 24.1. The van der Waals surface area contributed by atoms with E-state index < -0.39 is 11.7 Å². The highest BCUT2D eigenvalue weighted by molar-refractivity contribution is 5.92. The minimum Gasteiger partial charge on any atom is -0.327 e. The Balaban J connectivity index is 1.39. The second-order valence-corrected chi connectivity index (χ2v) is 7.36. The molecule has 2 N–H and O–H groups in total. The van der Waals surface area contributed by atoms with Gasteiger partial charge in [-0.3, -0.25) is 9.69 Å². The van der Waals surface area contributed by atoms with Gasteiger partial charge >= 0.3 is 12.2 Å². The van der Waals surface area contributed by atoms with Crippen LogP contribution in [-0.4, -0.2) is 61.0 Å². The molecule has 0 unspecified atom stereocenters. The van der Waals surface area contributed by atoms with Crippen LogP contribution in [0, 0.1) is 17.7 Å². The summed E-state index contributed by atoms with van der Waals surface area (Å²) in [7, 11) is 0. The fourth-order valence-electron chi connectivity index (χ4n) is 3.20. The van der Waals surface area contributed by atoms with E-state index in [0.29, 0.717) is 31.9 Å². The number of anilines is 1. The molecule has 1 aliphatic heterocycles. The van der Waals surface area contributed by atoms with Gasteiger partial charge in [-0.2, -0.15) is 13.2 Å². The van der Waals surface area contributed by atoms with Crippen LogP contribution < -0.4 is 10.6 Å². The molecule has 0 radical (unpaired) electrons. The number of carbonyl (C=O) groups excluding carboxylic acids is 2. The molecule has 1 aliphatic rings. The summed E-state index contributed by atoms with van der Waals surface area (Å²) < 4.78 is 51.1. The number of halogens is 4. The molecule has 0 atom stereocenters. The van der Waals surface area contributed by atoms with E-state index in [2.05, 4.69) is 22.5 Å². The molecule has 0 aromatic heterocycles. The van der Waals surface area contributed by atoms with E-state index in [0.717, 1.165) is 12.1 Å². The first-order valence-corrected chi connectivity index (χ1v) is 10.2. The largest absolute Gasteiger partial charge is 0.416 e. The van der Waals surface area contributed by atoms with E-state index in [1.54, 1.807) is 4.90 Å². The second-order valence-electron chi connectivity index (χ2n) is 7.36. The number of piperazine rings is 1. The lowest BCUT2D eigenvalue weighted by Gasteiger charge is -2.34. The minimum absolute atomic E-state index is 0.00459. The molecule has 2 aromatic rings. The Morgan fingerprint density at radius 1 is 1.00 bits per heavy atom. The van der Waals surface area contributed by atoms with Crippen LogP contribution in [0.2, 0.25) is 0 Å². The standard InChI is InChI=1S/C23H22F4N4O2/c24-19-6-8-20(9-7-19)29-21(32)16-30-11-13-31(14-12-30)22(33)28-10-2-4-17-3-1-5-18(15-17)23(25,26)27/h1,3,5-9,15H,10-14,16H2,(H,28,33)(H,29,32). The molecule has 3 amide bonds. The summed E-state index contributed by atoms with van der Waals surface area (Å²) in [5.74, 6) is 4.64. The first-order valence-electron chi connectivity index (χ1n) is 10.2. The van der Waals surface area contributed by atoms with Crippen LogP contribution in [0.4, 0.5) is 28.0 Å². The Bertz CT molecular complexity index is 1040. The molecule has 2 aromatic carbocycles. The first-order chi connectivity index (χ1) is 15.7. The van der Waals surface area contributed by atoms with Gasteiger partial charge in [0.05, 0.1) is 18.7 Å². The fraction of sp³-hybridized carbons (Fsp3) is 0.304. The summed E-state index contributed by atoms with van der Waals surface area (Å²) in [4.78, 5) is 27.9. The maximum atomic E-state index is 12.9. The highest BCUT2D eigenvalue weighted by Crippen LogP contribution is 2.29. The van der Waals surface area contributed by atoms with E-state index in [9.17, 15) is 27.2 Å². The zero-order chi connectivity index (χ0) is 23.8. The molecule has 0 saturated carbocycles. The Morgan fingerprint density at radius 3 is 2.36 bits per heavy atom. The molecule has 1 saturated heterocycles. The van der Waals surface area contributed by atoms with Crippen molar-refractivity contribution in [3.05, 3.63) is 65.5 Å². The van der Waals surface area contributed by atoms with Gasteiger partial charge in [-0.25, -0.2) is 9.18 Å². The summed E-state index contributed by atoms with van der Waals surface area (Å²) in [5.41, 5.74) is -0.0557. The SMILES string of the molecule is O=C(CN1CCN(C(=O)NCC#Cc2cccc(C(F)(F)F)c2)CC1)Nc1ccc(F)cc1. The third kappa shape index (κ3) is 7.50. The third-order valence-corrected chi connectivity index (χ3v) is 4.91. The maximum absolute atomic E-state index is 12.9. The van der Waals surface area contributed by atoms with Crippen LogP contribution in [0.1, 0.15) is 11.1 Å². The highest BCUT2D eigenvalue weighted by atomic mass is 19.4. The monoisotopic (exact) mass is 462 g/mol. The molecular weight excluding hydrogens is 440 g/mol. The smallest absolute Gasteiger partial charge is 0.327 e. The lowest BCUT2D eigenvalue weighted by atomic mass is 10.1. The molecule has 174 valence electrons. The van der Waals surface area contributed by atoms with Gasteiger partial charge in [0, 0.05) is 37.4 Å². The molecule has 0 bridgehead atoms. The van der Waals surface area contributed by atoms with Crippen molar-refractivity contribution in [2.24, 2.45) is 0 Å². The van der Waals surface area contributed by atoms with E-state index >= 15 is 0 Å². The lowest BCUT2D eigenvalue weighted by Crippen LogP contribution is -2.53. The van der Waals surface area contributed by atoms with Gasteiger partial charge in [-0.05, 0) is 42.5 Å². The lowest BCUT2D eigenvalue weighted by molar-refractivity contribution is -0.137. The molecule has 3 rings (SSSR count). The van der Waals surface area contributed by atoms with Crippen LogP contribution in [0.15, 0.2) is 48.5 Å². The molecule has 33 heavy (non-hydrogen) atoms. The molecule has 0 spiro atoms. The van der Waals surface area contributed by atoms with Gasteiger partial charge in [0.15, 0.2) is 0 Å². The van der Waals surface area contributed by atoms with Crippen molar-refractivity contribution in [2.75, 3.05) is 44.6 Å². The van der Waals surface area contributed by atoms with Gasteiger partial charge in [-0.15, -0.1) is 0 Å². The van der Waals surface area contributed by atoms with Crippen LogP contribution in [0.5, 0.6) is 0 Å². The summed E-state index contributed by atoms with van der Waals surface area (Å²) >= 11 is 0. The average molecular weight is 462 g/mol. The highest BCUT2D eigenvalue weighted by Gasteiger charge is 2.30. The van der Waals surface area contributed by atoms with E-state index in [1.165, 1.54) is 36.4 Å². The summed E-state index contributed by atoms with van der Waals surface area (Å²) in [6.45, 7) is 1.97. The Kier molecular flexibility index (Phi) is 7.90. The van der Waals surface area contributed by atoms with Gasteiger partial charge in [0.1, 0.15) is 5.82 Å². The van der Waals surface area contributed by atoms with Crippen LogP contribution in [-0.2, 0) is 11.0 Å². The van der Waals surface area contributed by atoms with E-state index in [-0.39, 0.29) is 36.4 Å². The number of carbonyl (C=O) groups is 2. The van der Waals surface area contributed by atoms with Crippen LogP contribution in [0.3, 0.4) is 0 Å². The predicted molar refractivity (Wildman–Crippen MR) is 115 cm³/mol. The van der Waals surface area contributed by atoms with E-state index in [4.69, 9.17) is 0 Å². The number of alkyl halides is 3. The summed E-state index contributed by atoms with van der Waals surface area (Å²) in [6.07, 6.45) is -4.43. The average Bonchev–Trinajstić information content (AvgIpc) is 2.78. The molecule has 1 fully saturated rings. The van der Waals surface area contributed by atoms with E-state index in [1.807, 2.05) is 4.90 Å². The number of rotatable bonds is 4. The van der Waals surface area contributed by atoms with Crippen molar-refractivity contribution in [2.45, 2.75) is 6.18 Å². The third-order valence-electron chi connectivity index (χ3n) is 4.91. The number of urea groups is 1. The second kappa shape index (κ2) is 10.8. The Hall–Kier alpha value is -3.58. The normalized spacial score (nSPS) is 14.2. The van der Waals surface area contributed by atoms with Crippen molar-refractivity contribution in [3.8, 4) is 11.8 Å². The Morgan fingerprint density at radius 2 is 1.70 bits per heavy atom. The predicted octanol–water partition coefficient (Wildman–Crippen LogP) is 3.16. The minimum atomic E-state index is -4.43. The topological polar surface area (TPSA) is 64.7 Å². The van der Waals surface area contributed by atoms with Crippen molar-refractivity contribution >= 4 is 17.6 Å². The van der Waals surface area contributed by atoms with Crippen molar-refractivity contribution in [1.29, 1.82) is 0 Å². The molecular formula is C23H22F4N4O2. The maximum Gasteiger partial charge on any atom is 0.416 e. The van der Waals surface area contributed by atoms with Gasteiger partial charge in [-0.1, -0.05) is 17.9 Å². The van der Waals surface area contributed by atoms with Gasteiger partial charge in [0.25, 0.3) is 0 Å². The number of amides is 3. The molecule has 1 heterocycles. The molecule has 6 nitrogen and oxygen atoms in total. The number of hydrogen-bond donors (Lipinski definition) is 2. The zero-order valence-corrected chi connectivity index (χ0v) is 17.6. The van der Waals surface area contributed by atoms with Crippen molar-refractivity contribution in [1.82, 2.24) is 15.1 Å². The summed E-state index contributed by atoms with van der Waals surface area (Å²) in [6, 6.07) is 9.83. The van der Waals surface area contributed by atoms with Crippen LogP contribution >= 0.6 is 0 Å². The quantitative estimate of drug-likeness (QED) is 0.542. The van der Waals surface area contributed by atoms with Crippen molar-refractivity contribution in [3.63, 3.8) is 0 Å². The number of nitrogens with one attached hydrogen (secondary N) is 2. The zero-order valence-electron chi connectivity index (χ0n) is 17.6.